The van der Waals surface area contributed by atoms with Gasteiger partial charge in [0.2, 0.25) is 5.95 Å². The Hall–Kier alpha value is -1.88. The van der Waals surface area contributed by atoms with Crippen molar-refractivity contribution in [3.8, 4) is 0 Å². The van der Waals surface area contributed by atoms with E-state index in [1.54, 1.807) is 0 Å². The standard InChI is InChI=1S/C14H19N5/c1-19-7-6-10(9-19)8-16-13-11-4-2-3-5-12(11)17-14(15)18-13/h2-5,10H,6-9H2,1H3,(H3,15,16,17,18). The van der Waals surface area contributed by atoms with E-state index in [0.717, 1.165) is 29.8 Å². The number of nitrogens with one attached hydrogen (secondary N) is 1. The van der Waals surface area contributed by atoms with Gasteiger partial charge in [-0.25, -0.2) is 4.98 Å². The molecule has 3 rings (SSSR count). The third-order valence-corrected chi connectivity index (χ3v) is 3.67. The lowest BCUT2D eigenvalue weighted by Gasteiger charge is -2.13. The molecule has 100 valence electrons. The summed E-state index contributed by atoms with van der Waals surface area (Å²) in [5, 5.41) is 4.46. The molecule has 1 aliphatic heterocycles. The molecule has 1 atom stereocenters. The summed E-state index contributed by atoms with van der Waals surface area (Å²) in [6, 6.07) is 7.95. The van der Waals surface area contributed by atoms with Gasteiger partial charge in [0.15, 0.2) is 0 Å². The number of rotatable bonds is 3. The third kappa shape index (κ3) is 2.61. The Balaban J connectivity index is 1.80. The maximum absolute atomic E-state index is 5.76. The molecule has 0 amide bonds. The Morgan fingerprint density at radius 3 is 3.00 bits per heavy atom. The molecule has 1 aliphatic rings. The number of anilines is 2. The Bertz CT molecular complexity index is 583. The minimum Gasteiger partial charge on any atom is -0.369 e. The predicted molar refractivity (Wildman–Crippen MR) is 78.0 cm³/mol. The quantitative estimate of drug-likeness (QED) is 0.873. The number of nitrogen functional groups attached to an aromatic ring is 1. The van der Waals surface area contributed by atoms with Crippen LogP contribution >= 0.6 is 0 Å². The molecule has 0 spiro atoms. The van der Waals surface area contributed by atoms with E-state index < -0.39 is 0 Å². The summed E-state index contributed by atoms with van der Waals surface area (Å²) >= 11 is 0. The van der Waals surface area contributed by atoms with Crippen LogP contribution in [0.1, 0.15) is 6.42 Å². The number of nitrogens with two attached hydrogens (primary N) is 1. The molecule has 0 radical (unpaired) electrons. The first-order chi connectivity index (χ1) is 9.22. The van der Waals surface area contributed by atoms with Gasteiger partial charge < -0.3 is 16.0 Å². The number of benzene rings is 1. The first-order valence-electron chi connectivity index (χ1n) is 6.67. The first-order valence-corrected chi connectivity index (χ1v) is 6.67. The average molecular weight is 257 g/mol. The summed E-state index contributed by atoms with van der Waals surface area (Å²) in [6.45, 7) is 3.26. The Labute approximate surface area is 112 Å². The van der Waals surface area contributed by atoms with Gasteiger partial charge in [-0.1, -0.05) is 12.1 Å². The van der Waals surface area contributed by atoms with E-state index in [1.165, 1.54) is 13.0 Å². The summed E-state index contributed by atoms with van der Waals surface area (Å²) in [4.78, 5) is 10.9. The number of likely N-dealkylation sites (tertiary alicyclic amines) is 1. The summed E-state index contributed by atoms with van der Waals surface area (Å²) in [7, 11) is 2.16. The highest BCUT2D eigenvalue weighted by molar-refractivity contribution is 5.89. The molecule has 3 N–H and O–H groups in total. The molecular weight excluding hydrogens is 238 g/mol. The summed E-state index contributed by atoms with van der Waals surface area (Å²) in [6.07, 6.45) is 1.24. The zero-order valence-corrected chi connectivity index (χ0v) is 11.1. The van der Waals surface area contributed by atoms with E-state index in [-0.39, 0.29) is 0 Å². The van der Waals surface area contributed by atoms with Crippen LogP contribution in [0.15, 0.2) is 24.3 Å². The summed E-state index contributed by atoms with van der Waals surface area (Å²) in [5.41, 5.74) is 6.65. The van der Waals surface area contributed by atoms with Crippen molar-refractivity contribution in [2.45, 2.75) is 6.42 Å². The van der Waals surface area contributed by atoms with Crippen LogP contribution in [-0.4, -0.2) is 41.5 Å². The van der Waals surface area contributed by atoms with E-state index >= 15 is 0 Å². The highest BCUT2D eigenvalue weighted by Gasteiger charge is 2.19. The maximum Gasteiger partial charge on any atom is 0.222 e. The minimum absolute atomic E-state index is 0.324. The second-order valence-electron chi connectivity index (χ2n) is 5.25. The van der Waals surface area contributed by atoms with E-state index in [9.17, 15) is 0 Å². The number of aromatic nitrogens is 2. The van der Waals surface area contributed by atoms with Crippen LogP contribution in [0, 0.1) is 5.92 Å². The lowest BCUT2D eigenvalue weighted by atomic mass is 10.1. The molecule has 1 fully saturated rings. The highest BCUT2D eigenvalue weighted by atomic mass is 15.1. The van der Waals surface area contributed by atoms with Gasteiger partial charge in [-0.3, -0.25) is 0 Å². The van der Waals surface area contributed by atoms with Gasteiger partial charge in [0.1, 0.15) is 5.82 Å². The van der Waals surface area contributed by atoms with Crippen LogP contribution in [0.5, 0.6) is 0 Å². The zero-order valence-electron chi connectivity index (χ0n) is 11.1. The molecule has 1 saturated heterocycles. The van der Waals surface area contributed by atoms with E-state index in [1.807, 2.05) is 24.3 Å². The van der Waals surface area contributed by atoms with Gasteiger partial charge in [-0.15, -0.1) is 0 Å². The Morgan fingerprint density at radius 2 is 2.21 bits per heavy atom. The molecular formula is C14H19N5. The molecule has 0 aliphatic carbocycles. The number of para-hydroxylation sites is 1. The number of nitrogens with zero attached hydrogens (tertiary/aromatic N) is 3. The molecule has 5 nitrogen and oxygen atoms in total. The topological polar surface area (TPSA) is 67.1 Å². The Kier molecular flexibility index (Phi) is 3.21. The first kappa shape index (κ1) is 12.2. The molecule has 1 aromatic heterocycles. The van der Waals surface area contributed by atoms with Crippen LogP contribution in [0.3, 0.4) is 0 Å². The minimum atomic E-state index is 0.324. The monoisotopic (exact) mass is 257 g/mol. The smallest absolute Gasteiger partial charge is 0.222 e. The molecule has 0 bridgehead atoms. The van der Waals surface area contributed by atoms with Gasteiger partial charge in [-0.2, -0.15) is 4.98 Å². The van der Waals surface area contributed by atoms with Crippen molar-refractivity contribution in [3.63, 3.8) is 0 Å². The number of fused-ring (bicyclic) bond motifs is 1. The van der Waals surface area contributed by atoms with Crippen molar-refractivity contribution in [1.82, 2.24) is 14.9 Å². The normalized spacial score (nSPS) is 19.9. The van der Waals surface area contributed by atoms with Crippen LogP contribution in [0.25, 0.3) is 10.9 Å². The lowest BCUT2D eigenvalue weighted by molar-refractivity contribution is 0.399. The predicted octanol–water partition coefficient (Wildman–Crippen LogP) is 1.58. The molecule has 5 heteroatoms. The zero-order chi connectivity index (χ0) is 13.2. The van der Waals surface area contributed by atoms with Gasteiger partial charge in [0.05, 0.1) is 5.52 Å². The lowest BCUT2D eigenvalue weighted by Crippen LogP contribution is -2.19. The number of hydrogen-bond acceptors (Lipinski definition) is 5. The van der Waals surface area contributed by atoms with Crippen molar-refractivity contribution in [2.24, 2.45) is 5.92 Å². The fraction of sp³-hybridized carbons (Fsp3) is 0.429. The molecule has 1 unspecified atom stereocenters. The molecule has 2 aromatic rings. The largest absolute Gasteiger partial charge is 0.369 e. The summed E-state index contributed by atoms with van der Waals surface area (Å²) in [5.74, 6) is 1.85. The van der Waals surface area contributed by atoms with E-state index in [4.69, 9.17) is 5.73 Å². The second kappa shape index (κ2) is 5.01. The van der Waals surface area contributed by atoms with Gasteiger partial charge in [-0.05, 0) is 38.1 Å². The fourth-order valence-corrected chi connectivity index (χ4v) is 2.66. The van der Waals surface area contributed by atoms with Crippen LogP contribution in [-0.2, 0) is 0 Å². The average Bonchev–Trinajstić information content (AvgIpc) is 2.81. The van der Waals surface area contributed by atoms with Gasteiger partial charge in [0, 0.05) is 18.5 Å². The SMILES string of the molecule is CN1CCC(CNc2nc(N)nc3ccccc23)C1. The van der Waals surface area contributed by atoms with Crippen LogP contribution < -0.4 is 11.1 Å². The Morgan fingerprint density at radius 1 is 1.37 bits per heavy atom. The molecule has 19 heavy (non-hydrogen) atoms. The molecule has 1 aromatic carbocycles. The van der Waals surface area contributed by atoms with Crippen molar-refractivity contribution in [1.29, 1.82) is 0 Å². The van der Waals surface area contributed by atoms with E-state index in [2.05, 4.69) is 27.2 Å². The van der Waals surface area contributed by atoms with Gasteiger partial charge in [0.25, 0.3) is 0 Å². The van der Waals surface area contributed by atoms with Crippen molar-refractivity contribution in [2.75, 3.05) is 37.7 Å². The molecule has 2 heterocycles. The van der Waals surface area contributed by atoms with Crippen LogP contribution in [0.2, 0.25) is 0 Å². The molecule has 0 saturated carbocycles. The van der Waals surface area contributed by atoms with Crippen molar-refractivity contribution >= 4 is 22.7 Å². The summed E-state index contributed by atoms with van der Waals surface area (Å²) < 4.78 is 0. The maximum atomic E-state index is 5.76. The third-order valence-electron chi connectivity index (χ3n) is 3.67. The van der Waals surface area contributed by atoms with Crippen molar-refractivity contribution in [3.05, 3.63) is 24.3 Å². The van der Waals surface area contributed by atoms with Gasteiger partial charge >= 0.3 is 0 Å². The van der Waals surface area contributed by atoms with Crippen molar-refractivity contribution < 1.29 is 0 Å². The highest BCUT2D eigenvalue weighted by Crippen LogP contribution is 2.22. The fourth-order valence-electron chi connectivity index (χ4n) is 2.66. The van der Waals surface area contributed by atoms with Crippen LogP contribution in [0.4, 0.5) is 11.8 Å². The van der Waals surface area contributed by atoms with E-state index in [0.29, 0.717) is 11.9 Å². The second-order valence-corrected chi connectivity index (χ2v) is 5.25. The number of hydrogen-bond donors (Lipinski definition) is 2.